The Morgan fingerprint density at radius 1 is 1.47 bits per heavy atom. The van der Waals surface area contributed by atoms with E-state index in [1.807, 2.05) is 0 Å². The maximum Gasteiger partial charge on any atom is 0.245 e. The molecular weight excluding hydrogens is 315 g/mol. The van der Waals surface area contributed by atoms with Crippen molar-refractivity contribution in [3.05, 3.63) is 53.2 Å². The summed E-state index contributed by atoms with van der Waals surface area (Å²) in [5.74, 6) is -0.0214. The molecule has 0 bridgehead atoms. The van der Waals surface area contributed by atoms with Gasteiger partial charge in [-0.1, -0.05) is 6.58 Å². The fourth-order valence-corrected chi connectivity index (χ4v) is 2.03. The molecule has 0 fully saturated rings. The summed E-state index contributed by atoms with van der Waals surface area (Å²) in [7, 11) is 0. The highest BCUT2D eigenvalue weighted by molar-refractivity contribution is 9.10. The first-order chi connectivity index (χ1) is 8.91. The predicted octanol–water partition coefficient (Wildman–Crippen LogP) is 4.15. The van der Waals surface area contributed by atoms with Gasteiger partial charge in [-0.05, 0) is 40.2 Å². The third-order valence-corrected chi connectivity index (χ3v) is 3.08. The standard InChI is InChI=1S/C14H14BrFO3/c1-4-11(13-8-17-14(2,3)19-13)18-12-6-5-9(16)7-10(12)15/h4-8,11H,1H2,2-3H3/t11-/m0/s1. The summed E-state index contributed by atoms with van der Waals surface area (Å²) < 4.78 is 30.2. The molecule has 0 radical (unpaired) electrons. The van der Waals surface area contributed by atoms with E-state index in [-0.39, 0.29) is 5.82 Å². The van der Waals surface area contributed by atoms with Crippen LogP contribution in [-0.2, 0) is 9.47 Å². The number of rotatable bonds is 4. The predicted molar refractivity (Wildman–Crippen MR) is 73.0 cm³/mol. The Morgan fingerprint density at radius 2 is 2.21 bits per heavy atom. The SMILES string of the molecule is C=C[C@H](Oc1ccc(F)cc1Br)C1=COC(C)(C)O1. The zero-order chi connectivity index (χ0) is 14.0. The Bertz CT molecular complexity index is 525. The molecule has 1 aliphatic rings. The maximum absolute atomic E-state index is 13.0. The molecule has 0 saturated heterocycles. The molecule has 1 aromatic rings. The Morgan fingerprint density at radius 3 is 2.74 bits per heavy atom. The van der Waals surface area contributed by atoms with Crippen molar-refractivity contribution in [2.75, 3.05) is 0 Å². The second-order valence-corrected chi connectivity index (χ2v) is 5.34. The van der Waals surface area contributed by atoms with Crippen LogP contribution in [0, 0.1) is 5.82 Å². The highest BCUT2D eigenvalue weighted by atomic mass is 79.9. The van der Waals surface area contributed by atoms with Crippen LogP contribution in [0.15, 0.2) is 47.3 Å². The molecule has 102 valence electrons. The highest BCUT2D eigenvalue weighted by Crippen LogP contribution is 2.31. The quantitative estimate of drug-likeness (QED) is 0.777. The molecule has 0 amide bonds. The van der Waals surface area contributed by atoms with Crippen molar-refractivity contribution >= 4 is 15.9 Å². The van der Waals surface area contributed by atoms with Gasteiger partial charge >= 0.3 is 0 Å². The van der Waals surface area contributed by atoms with Crippen LogP contribution in [0.2, 0.25) is 0 Å². The van der Waals surface area contributed by atoms with Gasteiger partial charge in [-0.3, -0.25) is 0 Å². The van der Waals surface area contributed by atoms with Gasteiger partial charge < -0.3 is 14.2 Å². The highest BCUT2D eigenvalue weighted by Gasteiger charge is 2.32. The minimum absolute atomic E-state index is 0.338. The number of benzene rings is 1. The molecule has 0 unspecified atom stereocenters. The van der Waals surface area contributed by atoms with E-state index in [0.717, 1.165) is 0 Å². The lowest BCUT2D eigenvalue weighted by molar-refractivity contribution is -0.121. The van der Waals surface area contributed by atoms with Crippen molar-refractivity contribution in [2.45, 2.75) is 25.7 Å². The lowest BCUT2D eigenvalue weighted by atomic mass is 10.3. The molecule has 5 heteroatoms. The lowest BCUT2D eigenvalue weighted by Gasteiger charge is -2.21. The van der Waals surface area contributed by atoms with Gasteiger partial charge in [0.05, 0.1) is 4.47 Å². The molecule has 19 heavy (non-hydrogen) atoms. The van der Waals surface area contributed by atoms with E-state index in [0.29, 0.717) is 16.0 Å². The summed E-state index contributed by atoms with van der Waals surface area (Å²) in [6, 6.07) is 4.20. The molecule has 2 rings (SSSR count). The van der Waals surface area contributed by atoms with Crippen LogP contribution in [0.5, 0.6) is 5.75 Å². The van der Waals surface area contributed by atoms with Gasteiger partial charge in [-0.25, -0.2) is 4.39 Å². The normalized spacial score (nSPS) is 18.0. The molecule has 0 aromatic heterocycles. The Hall–Kier alpha value is -1.49. The minimum Gasteiger partial charge on any atom is -0.477 e. The Kier molecular flexibility index (Phi) is 3.85. The number of ether oxygens (including phenoxy) is 3. The van der Waals surface area contributed by atoms with Crippen molar-refractivity contribution in [1.29, 1.82) is 0 Å². The largest absolute Gasteiger partial charge is 0.477 e. The fraction of sp³-hybridized carbons (Fsp3) is 0.286. The van der Waals surface area contributed by atoms with Crippen molar-refractivity contribution in [3.8, 4) is 5.75 Å². The van der Waals surface area contributed by atoms with Crippen molar-refractivity contribution in [1.82, 2.24) is 0 Å². The Labute approximate surface area is 119 Å². The third-order valence-electron chi connectivity index (χ3n) is 2.46. The fourth-order valence-electron chi connectivity index (χ4n) is 1.59. The van der Waals surface area contributed by atoms with Crippen LogP contribution in [0.1, 0.15) is 13.8 Å². The van der Waals surface area contributed by atoms with Crippen LogP contribution in [0.4, 0.5) is 4.39 Å². The summed E-state index contributed by atoms with van der Waals surface area (Å²) in [5.41, 5.74) is 0. The first-order valence-electron chi connectivity index (χ1n) is 5.72. The molecule has 3 nitrogen and oxygen atoms in total. The second-order valence-electron chi connectivity index (χ2n) is 4.49. The molecule has 0 N–H and O–H groups in total. The molecule has 0 saturated carbocycles. The zero-order valence-corrected chi connectivity index (χ0v) is 12.2. The average molecular weight is 329 g/mol. The number of halogens is 2. The van der Waals surface area contributed by atoms with Gasteiger partial charge in [0, 0.05) is 13.8 Å². The minimum atomic E-state index is -0.708. The van der Waals surface area contributed by atoms with Gasteiger partial charge in [0.15, 0.2) is 11.9 Å². The molecular formula is C14H14BrFO3. The average Bonchev–Trinajstić information content (AvgIpc) is 2.69. The van der Waals surface area contributed by atoms with E-state index in [9.17, 15) is 4.39 Å². The monoisotopic (exact) mass is 328 g/mol. The summed E-state index contributed by atoms with van der Waals surface area (Å²) in [4.78, 5) is 0. The third kappa shape index (κ3) is 3.29. The molecule has 1 atom stereocenters. The lowest BCUT2D eigenvalue weighted by Crippen LogP contribution is -2.24. The summed E-state index contributed by atoms with van der Waals surface area (Å²) in [5, 5.41) is 0. The van der Waals surface area contributed by atoms with Gasteiger partial charge in [-0.2, -0.15) is 0 Å². The molecule has 1 heterocycles. The topological polar surface area (TPSA) is 27.7 Å². The van der Waals surface area contributed by atoms with Crippen LogP contribution in [0.3, 0.4) is 0 Å². The first kappa shape index (κ1) is 13.9. The molecule has 0 spiro atoms. The molecule has 0 aliphatic carbocycles. The van der Waals surface area contributed by atoms with Crippen LogP contribution in [-0.4, -0.2) is 11.9 Å². The maximum atomic E-state index is 13.0. The van der Waals surface area contributed by atoms with E-state index >= 15 is 0 Å². The van der Waals surface area contributed by atoms with Crippen molar-refractivity contribution in [2.24, 2.45) is 0 Å². The van der Waals surface area contributed by atoms with Crippen LogP contribution in [0.25, 0.3) is 0 Å². The van der Waals surface area contributed by atoms with E-state index in [2.05, 4.69) is 22.5 Å². The van der Waals surface area contributed by atoms with Crippen molar-refractivity contribution in [3.63, 3.8) is 0 Å². The smallest absolute Gasteiger partial charge is 0.245 e. The van der Waals surface area contributed by atoms with Crippen LogP contribution < -0.4 is 4.74 Å². The molecule has 1 aliphatic heterocycles. The summed E-state index contributed by atoms with van der Waals surface area (Å²) in [6.45, 7) is 7.30. The summed E-state index contributed by atoms with van der Waals surface area (Å²) >= 11 is 3.24. The first-order valence-corrected chi connectivity index (χ1v) is 6.52. The zero-order valence-electron chi connectivity index (χ0n) is 10.7. The second kappa shape index (κ2) is 5.25. The van der Waals surface area contributed by atoms with Crippen LogP contribution >= 0.6 is 15.9 Å². The van der Waals surface area contributed by atoms with E-state index in [1.165, 1.54) is 24.5 Å². The van der Waals surface area contributed by atoms with Gasteiger partial charge in [-0.15, -0.1) is 0 Å². The number of hydrogen-bond donors (Lipinski definition) is 0. The van der Waals surface area contributed by atoms with E-state index in [4.69, 9.17) is 14.2 Å². The van der Waals surface area contributed by atoms with Gasteiger partial charge in [0.25, 0.3) is 0 Å². The van der Waals surface area contributed by atoms with Crippen molar-refractivity contribution < 1.29 is 18.6 Å². The van der Waals surface area contributed by atoms with E-state index in [1.54, 1.807) is 19.9 Å². The molecule has 1 aromatic carbocycles. The van der Waals surface area contributed by atoms with Gasteiger partial charge in [0.2, 0.25) is 5.79 Å². The Balaban J connectivity index is 2.14. The summed E-state index contributed by atoms with van der Waals surface area (Å²) in [6.07, 6.45) is 2.60. The van der Waals surface area contributed by atoms with E-state index < -0.39 is 11.9 Å². The number of hydrogen-bond acceptors (Lipinski definition) is 3. The van der Waals surface area contributed by atoms with Gasteiger partial charge in [0.1, 0.15) is 17.8 Å².